The van der Waals surface area contributed by atoms with Gasteiger partial charge in [0.2, 0.25) is 0 Å². The maximum atomic E-state index is 6.34. The van der Waals surface area contributed by atoms with Crippen molar-refractivity contribution in [3.05, 3.63) is 158 Å². The summed E-state index contributed by atoms with van der Waals surface area (Å²) in [5.41, 5.74) is 11.5. The van der Waals surface area contributed by atoms with Gasteiger partial charge in [-0.3, -0.25) is 0 Å². The van der Waals surface area contributed by atoms with Gasteiger partial charge < -0.3 is 9.40 Å². The lowest BCUT2D eigenvalue weighted by molar-refractivity contribution is 0.669. The van der Waals surface area contributed by atoms with E-state index in [0.29, 0.717) is 0 Å². The molecule has 2 heterocycles. The second-order valence-electron chi connectivity index (χ2n) is 12.9. The van der Waals surface area contributed by atoms with Crippen molar-refractivity contribution in [3.63, 3.8) is 0 Å². The summed E-state index contributed by atoms with van der Waals surface area (Å²) in [5, 5.41) is 12.4. The zero-order chi connectivity index (χ0) is 31.3. The van der Waals surface area contributed by atoms with Gasteiger partial charge in [0.05, 0.1) is 0 Å². The summed E-state index contributed by atoms with van der Waals surface area (Å²) in [4.78, 5) is 3.68. The molecule has 0 aliphatic rings. The molecular weight excluding hydrogens is 583 g/mol. The maximum absolute atomic E-state index is 6.34. The summed E-state index contributed by atoms with van der Waals surface area (Å²) in [7, 11) is 0. The molecule has 0 fully saturated rings. The molecule has 2 nitrogen and oxygen atoms in total. The topological polar surface area (TPSA) is 28.9 Å². The molecule has 0 radical (unpaired) electrons. The average molecular weight is 610 g/mol. The van der Waals surface area contributed by atoms with Crippen LogP contribution in [0.25, 0.3) is 109 Å². The van der Waals surface area contributed by atoms with Crippen molar-refractivity contribution in [1.29, 1.82) is 0 Å². The Bertz CT molecular complexity index is 3010. The summed E-state index contributed by atoms with van der Waals surface area (Å²) in [6.45, 7) is 0. The van der Waals surface area contributed by atoms with Crippen molar-refractivity contribution in [2.24, 2.45) is 0 Å². The highest BCUT2D eigenvalue weighted by atomic mass is 16.3. The van der Waals surface area contributed by atoms with Gasteiger partial charge in [0.25, 0.3) is 0 Å². The first-order valence-corrected chi connectivity index (χ1v) is 16.5. The normalized spacial score (nSPS) is 12.2. The number of hydrogen-bond acceptors (Lipinski definition) is 1. The highest BCUT2D eigenvalue weighted by Crippen LogP contribution is 2.49. The zero-order valence-electron chi connectivity index (χ0n) is 25.9. The molecule has 0 atom stereocenters. The van der Waals surface area contributed by atoms with Crippen LogP contribution in [0.4, 0.5) is 0 Å². The first-order valence-electron chi connectivity index (χ1n) is 16.5. The molecule has 9 aromatic carbocycles. The lowest BCUT2D eigenvalue weighted by Gasteiger charge is -2.20. The first kappa shape index (κ1) is 25.8. The molecule has 11 rings (SSSR count). The summed E-state index contributed by atoms with van der Waals surface area (Å²) in [6.07, 6.45) is 0. The summed E-state index contributed by atoms with van der Waals surface area (Å²) < 4.78 is 6.34. The van der Waals surface area contributed by atoms with Crippen LogP contribution in [0.1, 0.15) is 0 Å². The van der Waals surface area contributed by atoms with E-state index in [4.69, 9.17) is 4.42 Å². The minimum absolute atomic E-state index is 0.908. The average Bonchev–Trinajstić information content (AvgIpc) is 3.72. The standard InChI is InChI=1S/C46H27NO/c1-2-14-32(29(12-1)27-23-24-31-30-13-7-8-22-41(30)48-42(31)26-27)44-33-15-3-5-17-35(33)45(36-18-6-4-16-34(36)44)38-25-28-11-9-20-39-43(28)46-37(38)19-10-21-40(46)47-39/h1-26,47H. The second-order valence-corrected chi connectivity index (χ2v) is 12.9. The SMILES string of the molecule is c1ccc(-c2c3ccccc3c(-c3cc4cccc5[nH]c6cccc3c6c45)c3ccccc23)c(-c2ccc3c(c2)oc2ccccc23)c1. The number of nitrogens with one attached hydrogen (secondary N) is 1. The Hall–Kier alpha value is -6.38. The number of rotatable bonds is 3. The van der Waals surface area contributed by atoms with E-state index in [-0.39, 0.29) is 0 Å². The van der Waals surface area contributed by atoms with Crippen molar-refractivity contribution in [2.75, 3.05) is 0 Å². The quantitative estimate of drug-likeness (QED) is 0.157. The van der Waals surface area contributed by atoms with E-state index in [1.54, 1.807) is 0 Å². The molecule has 0 aliphatic carbocycles. The third-order valence-electron chi connectivity index (χ3n) is 10.4. The Labute approximate surface area is 275 Å². The molecule has 222 valence electrons. The van der Waals surface area contributed by atoms with E-state index in [0.717, 1.165) is 27.5 Å². The molecular formula is C46H27NO. The van der Waals surface area contributed by atoms with Crippen LogP contribution in [-0.2, 0) is 0 Å². The molecule has 0 bridgehead atoms. The van der Waals surface area contributed by atoms with Gasteiger partial charge in [-0.15, -0.1) is 0 Å². The molecule has 48 heavy (non-hydrogen) atoms. The van der Waals surface area contributed by atoms with Crippen LogP contribution in [0.3, 0.4) is 0 Å². The second kappa shape index (κ2) is 9.57. The monoisotopic (exact) mass is 609 g/mol. The number of para-hydroxylation sites is 1. The number of aromatic nitrogens is 1. The van der Waals surface area contributed by atoms with Crippen LogP contribution >= 0.6 is 0 Å². The molecule has 0 unspecified atom stereocenters. The van der Waals surface area contributed by atoms with Crippen LogP contribution in [0, 0.1) is 0 Å². The van der Waals surface area contributed by atoms with E-state index in [2.05, 4.69) is 151 Å². The molecule has 0 spiro atoms. The summed E-state index contributed by atoms with van der Waals surface area (Å²) >= 11 is 0. The lowest BCUT2D eigenvalue weighted by Crippen LogP contribution is -1.93. The van der Waals surface area contributed by atoms with Crippen LogP contribution in [0.5, 0.6) is 0 Å². The van der Waals surface area contributed by atoms with Gasteiger partial charge in [-0.1, -0.05) is 121 Å². The van der Waals surface area contributed by atoms with Crippen molar-refractivity contribution in [2.45, 2.75) is 0 Å². The number of hydrogen-bond donors (Lipinski definition) is 1. The van der Waals surface area contributed by atoms with Gasteiger partial charge in [0.15, 0.2) is 0 Å². The van der Waals surface area contributed by atoms with E-state index in [1.165, 1.54) is 81.9 Å². The Morgan fingerprint density at radius 3 is 1.67 bits per heavy atom. The van der Waals surface area contributed by atoms with Crippen molar-refractivity contribution in [3.8, 4) is 33.4 Å². The Morgan fingerprint density at radius 2 is 0.917 bits per heavy atom. The first-order chi connectivity index (χ1) is 23.8. The maximum Gasteiger partial charge on any atom is 0.136 e. The predicted octanol–water partition coefficient (Wildman–Crippen LogP) is 13.1. The molecule has 11 aromatic rings. The van der Waals surface area contributed by atoms with Crippen LogP contribution in [0.2, 0.25) is 0 Å². The molecule has 2 aromatic heterocycles. The Kier molecular flexibility index (Phi) is 5.14. The number of aromatic amines is 1. The molecule has 0 aliphatic heterocycles. The molecule has 1 N–H and O–H groups in total. The minimum Gasteiger partial charge on any atom is -0.456 e. The van der Waals surface area contributed by atoms with Crippen molar-refractivity contribution < 1.29 is 4.42 Å². The van der Waals surface area contributed by atoms with Gasteiger partial charge in [0.1, 0.15) is 11.2 Å². The fourth-order valence-electron chi connectivity index (χ4n) is 8.36. The molecule has 0 saturated carbocycles. The fraction of sp³-hybridized carbons (Fsp3) is 0. The largest absolute Gasteiger partial charge is 0.456 e. The van der Waals surface area contributed by atoms with Crippen LogP contribution in [0.15, 0.2) is 162 Å². The van der Waals surface area contributed by atoms with E-state index < -0.39 is 0 Å². The summed E-state index contributed by atoms with van der Waals surface area (Å²) in [6, 6.07) is 57.3. The van der Waals surface area contributed by atoms with E-state index in [1.807, 2.05) is 12.1 Å². The van der Waals surface area contributed by atoms with Gasteiger partial charge in [-0.2, -0.15) is 0 Å². The molecule has 2 heteroatoms. The summed E-state index contributed by atoms with van der Waals surface area (Å²) in [5.74, 6) is 0. The Morgan fingerprint density at radius 1 is 0.354 bits per heavy atom. The predicted molar refractivity (Wildman–Crippen MR) is 203 cm³/mol. The van der Waals surface area contributed by atoms with E-state index in [9.17, 15) is 0 Å². The van der Waals surface area contributed by atoms with Crippen molar-refractivity contribution >= 4 is 76.1 Å². The highest BCUT2D eigenvalue weighted by molar-refractivity contribution is 6.30. The van der Waals surface area contributed by atoms with Crippen molar-refractivity contribution in [1.82, 2.24) is 4.98 Å². The smallest absolute Gasteiger partial charge is 0.136 e. The van der Waals surface area contributed by atoms with Crippen LogP contribution in [-0.4, -0.2) is 4.98 Å². The van der Waals surface area contributed by atoms with Gasteiger partial charge in [-0.25, -0.2) is 0 Å². The fourth-order valence-corrected chi connectivity index (χ4v) is 8.36. The molecule has 0 saturated heterocycles. The zero-order valence-corrected chi connectivity index (χ0v) is 25.9. The lowest BCUT2D eigenvalue weighted by atomic mass is 9.82. The Balaban J connectivity index is 1.23. The van der Waals surface area contributed by atoms with Gasteiger partial charge in [0, 0.05) is 32.6 Å². The van der Waals surface area contributed by atoms with Gasteiger partial charge >= 0.3 is 0 Å². The van der Waals surface area contributed by atoms with E-state index >= 15 is 0 Å². The minimum atomic E-state index is 0.908. The molecule has 0 amide bonds. The number of furan rings is 1. The van der Waals surface area contributed by atoms with Gasteiger partial charge in [-0.05, 0) is 102 Å². The number of fused-ring (bicyclic) bond motifs is 5. The third-order valence-corrected chi connectivity index (χ3v) is 10.4. The number of H-pyrrole nitrogens is 1. The number of benzene rings is 9. The third kappa shape index (κ3) is 3.46. The van der Waals surface area contributed by atoms with Crippen LogP contribution < -0.4 is 0 Å². The highest BCUT2D eigenvalue weighted by Gasteiger charge is 2.22.